The van der Waals surface area contributed by atoms with E-state index in [-0.39, 0.29) is 18.9 Å². The van der Waals surface area contributed by atoms with Gasteiger partial charge >= 0.3 is 0 Å². The molecule has 3 saturated heterocycles. The van der Waals surface area contributed by atoms with Crippen LogP contribution in [0.4, 0.5) is 0 Å². The van der Waals surface area contributed by atoms with E-state index >= 15 is 0 Å². The summed E-state index contributed by atoms with van der Waals surface area (Å²) in [6, 6.07) is -0.877. The molecule has 1 amide bonds. The number of amides is 1. The predicted molar refractivity (Wildman–Crippen MR) is 333 cm³/mol. The molecule has 3 fully saturated rings. The molecule has 12 N–H and O–H groups in total. The van der Waals surface area contributed by atoms with Crippen LogP contribution in [0.2, 0.25) is 0 Å². The van der Waals surface area contributed by atoms with Crippen molar-refractivity contribution in [3.05, 3.63) is 0 Å². The second-order valence-corrected chi connectivity index (χ2v) is 25.7. The van der Waals surface area contributed by atoms with Crippen molar-refractivity contribution in [3.63, 3.8) is 0 Å². The first-order chi connectivity index (χ1) is 41.8. The van der Waals surface area contributed by atoms with E-state index < -0.39 is 124 Å². The number of hydrogen-bond acceptors (Lipinski definition) is 18. The van der Waals surface area contributed by atoms with Crippen molar-refractivity contribution in [3.8, 4) is 0 Å². The highest BCUT2D eigenvalue weighted by molar-refractivity contribution is 5.76. The Labute approximate surface area is 519 Å². The van der Waals surface area contributed by atoms with Gasteiger partial charge < -0.3 is 89.9 Å². The van der Waals surface area contributed by atoms with Crippen LogP contribution in [0, 0.1) is 0 Å². The van der Waals surface area contributed by atoms with E-state index in [1.165, 1.54) is 218 Å². The lowest BCUT2D eigenvalue weighted by Gasteiger charge is -2.48. The van der Waals surface area contributed by atoms with Crippen molar-refractivity contribution in [2.24, 2.45) is 0 Å². The molecule has 86 heavy (non-hydrogen) atoms. The molecule has 0 aromatic rings. The lowest BCUT2D eigenvalue weighted by Crippen LogP contribution is -2.66. The number of unbranched alkanes of at least 4 members (excludes halogenated alkanes) is 39. The maximum atomic E-state index is 13.2. The number of rotatable bonds is 55. The van der Waals surface area contributed by atoms with E-state index in [2.05, 4.69) is 12.2 Å². The molecule has 19 heteroatoms. The van der Waals surface area contributed by atoms with Gasteiger partial charge in [0.2, 0.25) is 5.91 Å². The molecule has 3 rings (SSSR count). The highest BCUT2D eigenvalue weighted by Gasteiger charge is 2.53. The molecule has 17 atom stereocenters. The monoisotopic (exact) mass is 1240 g/mol. The van der Waals surface area contributed by atoms with Crippen molar-refractivity contribution < 1.29 is 89.4 Å². The van der Waals surface area contributed by atoms with Gasteiger partial charge in [0, 0.05) is 6.42 Å². The van der Waals surface area contributed by atoms with Gasteiger partial charge in [-0.25, -0.2) is 0 Å². The SMILES string of the molecule is CCCCCCCCCCCCCCCCCCCCCCCCCCCCCCCCCCCCCCCCC(=O)NC(COC1OC(CO)C(OC2OC(CO)C(OC3OC(CO)C(O)C(O)C3O)C(O)C2O)C(O)C1O)C(O)CCCCC. The summed E-state index contributed by atoms with van der Waals surface area (Å²) in [5.74, 6) is -0.248. The van der Waals surface area contributed by atoms with Crippen LogP contribution in [-0.2, 0) is 33.2 Å². The van der Waals surface area contributed by atoms with Crippen LogP contribution in [0.15, 0.2) is 0 Å². The summed E-state index contributed by atoms with van der Waals surface area (Å²) in [5.41, 5.74) is 0. The van der Waals surface area contributed by atoms with Crippen LogP contribution in [0.3, 0.4) is 0 Å². The average molecular weight is 1240 g/mol. The molecular weight excluding hydrogens is 1110 g/mol. The molecule has 3 aliphatic rings. The lowest BCUT2D eigenvalue weighted by atomic mass is 9.96. The Kier molecular flexibility index (Phi) is 46.3. The van der Waals surface area contributed by atoms with Crippen molar-refractivity contribution in [1.82, 2.24) is 5.32 Å². The normalized spacial score (nSPS) is 28.7. The summed E-state index contributed by atoms with van der Waals surface area (Å²) in [4.78, 5) is 13.2. The fourth-order valence-corrected chi connectivity index (χ4v) is 12.4. The predicted octanol–water partition coefficient (Wildman–Crippen LogP) is 9.11. The van der Waals surface area contributed by atoms with Gasteiger partial charge in [0.1, 0.15) is 73.2 Å². The fraction of sp³-hybridized carbons (Fsp3) is 0.985. The maximum absolute atomic E-state index is 13.2. The molecule has 0 bridgehead atoms. The summed E-state index contributed by atoms with van der Waals surface area (Å²) >= 11 is 0. The van der Waals surface area contributed by atoms with Crippen LogP contribution in [0.1, 0.15) is 290 Å². The van der Waals surface area contributed by atoms with E-state index in [0.717, 1.165) is 32.1 Å². The standard InChI is InChI=1S/C67H129NO18/c1-3-5-7-8-9-10-11-12-13-14-15-16-17-18-19-20-21-22-23-24-25-26-27-28-29-30-31-32-33-34-35-36-37-38-39-40-41-43-45-55(73)68-50(51(72)44-42-6-4-2)49-81-65-61(79)58(76)63(53(47-70)83-65)86-67-62(80)59(77)64(54(48-71)84-67)85-66-60(78)57(75)56(74)52(46-69)82-66/h50-54,56-67,69-72,74-80H,3-49H2,1-2H3,(H,68,73). The van der Waals surface area contributed by atoms with E-state index in [4.69, 9.17) is 28.4 Å². The van der Waals surface area contributed by atoms with Crippen molar-refractivity contribution >= 4 is 5.91 Å². The number of aliphatic hydroxyl groups is 11. The number of hydrogen-bond donors (Lipinski definition) is 12. The smallest absolute Gasteiger partial charge is 0.220 e. The highest BCUT2D eigenvalue weighted by atomic mass is 16.8. The van der Waals surface area contributed by atoms with Crippen molar-refractivity contribution in [2.45, 2.75) is 394 Å². The van der Waals surface area contributed by atoms with Gasteiger partial charge in [-0.3, -0.25) is 4.79 Å². The van der Waals surface area contributed by atoms with Crippen LogP contribution in [-0.4, -0.2) is 193 Å². The van der Waals surface area contributed by atoms with Crippen LogP contribution in [0.25, 0.3) is 0 Å². The minimum atomic E-state index is -1.97. The Morgan fingerprint density at radius 3 is 1.01 bits per heavy atom. The van der Waals surface area contributed by atoms with Gasteiger partial charge in [-0.1, -0.05) is 271 Å². The molecule has 19 nitrogen and oxygen atoms in total. The third-order valence-electron chi connectivity index (χ3n) is 18.2. The largest absolute Gasteiger partial charge is 0.394 e. The van der Waals surface area contributed by atoms with Gasteiger partial charge in [0.15, 0.2) is 18.9 Å². The van der Waals surface area contributed by atoms with Crippen LogP contribution < -0.4 is 5.32 Å². The van der Waals surface area contributed by atoms with Gasteiger partial charge in [-0.2, -0.15) is 0 Å². The van der Waals surface area contributed by atoms with Crippen LogP contribution in [0.5, 0.6) is 0 Å². The van der Waals surface area contributed by atoms with Crippen molar-refractivity contribution in [1.29, 1.82) is 0 Å². The molecule has 0 aliphatic carbocycles. The Balaban J connectivity index is 1.18. The Morgan fingerprint density at radius 1 is 0.372 bits per heavy atom. The topological polar surface area (TPSA) is 307 Å². The number of nitrogens with one attached hydrogen (secondary N) is 1. The molecule has 0 radical (unpaired) electrons. The van der Waals surface area contributed by atoms with Crippen LogP contribution >= 0.6 is 0 Å². The molecule has 0 saturated carbocycles. The number of aliphatic hydroxyl groups excluding tert-OH is 11. The second-order valence-electron chi connectivity index (χ2n) is 25.7. The first-order valence-electron chi connectivity index (χ1n) is 35.3. The average Bonchev–Trinajstić information content (AvgIpc) is 1.35. The summed E-state index contributed by atoms with van der Waals surface area (Å²) in [7, 11) is 0. The molecule has 0 aromatic heterocycles. The van der Waals surface area contributed by atoms with Gasteiger partial charge in [-0.05, 0) is 12.8 Å². The first kappa shape index (κ1) is 79.0. The number of carbonyl (C=O) groups excluding carboxylic acids is 1. The first-order valence-corrected chi connectivity index (χ1v) is 35.3. The number of carbonyl (C=O) groups is 1. The minimum absolute atomic E-state index is 0.248. The second kappa shape index (κ2) is 50.4. The van der Waals surface area contributed by atoms with Crippen molar-refractivity contribution in [2.75, 3.05) is 26.4 Å². The molecule has 17 unspecified atom stereocenters. The Hall–Kier alpha value is -1.21. The lowest BCUT2D eigenvalue weighted by molar-refractivity contribution is -0.379. The summed E-state index contributed by atoms with van der Waals surface area (Å²) in [6.45, 7) is 1.63. The van der Waals surface area contributed by atoms with Gasteiger partial charge in [0.05, 0.1) is 38.6 Å². The molecule has 510 valence electrons. The zero-order valence-corrected chi connectivity index (χ0v) is 53.8. The third-order valence-corrected chi connectivity index (χ3v) is 18.2. The van der Waals surface area contributed by atoms with Gasteiger partial charge in [0.25, 0.3) is 0 Å². The third kappa shape index (κ3) is 32.4. The minimum Gasteiger partial charge on any atom is -0.394 e. The summed E-state index contributed by atoms with van der Waals surface area (Å²) in [5, 5.41) is 119. The Bertz CT molecular complexity index is 1570. The zero-order chi connectivity index (χ0) is 62.6. The molecule has 3 aliphatic heterocycles. The van der Waals surface area contributed by atoms with E-state index in [1.54, 1.807) is 0 Å². The van der Waals surface area contributed by atoms with E-state index in [1.807, 2.05) is 6.92 Å². The molecular formula is C67H129NO18. The highest BCUT2D eigenvalue weighted by Crippen LogP contribution is 2.33. The Morgan fingerprint density at radius 2 is 0.663 bits per heavy atom. The molecule has 0 spiro atoms. The number of ether oxygens (including phenoxy) is 6. The van der Waals surface area contributed by atoms with Gasteiger partial charge in [-0.15, -0.1) is 0 Å². The fourth-order valence-electron chi connectivity index (χ4n) is 12.4. The summed E-state index contributed by atoms with van der Waals surface area (Å²) in [6.07, 6.45) is 28.2. The van der Waals surface area contributed by atoms with E-state index in [0.29, 0.717) is 19.3 Å². The summed E-state index contributed by atoms with van der Waals surface area (Å²) < 4.78 is 34.1. The molecule has 3 heterocycles. The molecule has 0 aromatic carbocycles. The quantitative estimate of drug-likeness (QED) is 0.0253. The maximum Gasteiger partial charge on any atom is 0.220 e. The zero-order valence-electron chi connectivity index (χ0n) is 53.8. The van der Waals surface area contributed by atoms with E-state index in [9.17, 15) is 61.0 Å².